The minimum absolute atomic E-state index is 0.00698. The van der Waals surface area contributed by atoms with E-state index in [0.717, 1.165) is 18.7 Å². The lowest BCUT2D eigenvalue weighted by Gasteiger charge is -2.04. The molecule has 1 aromatic rings. The zero-order chi connectivity index (χ0) is 11.1. The van der Waals surface area contributed by atoms with Gasteiger partial charge in [-0.3, -0.25) is 0 Å². The number of aliphatic carboxylic acids is 1. The van der Waals surface area contributed by atoms with E-state index in [-0.39, 0.29) is 6.42 Å². The highest BCUT2D eigenvalue weighted by Crippen LogP contribution is 1.97. The number of carboxylic acid groups (broad SMARTS) is 1. The Kier molecular flexibility index (Phi) is 4.81. The zero-order valence-electron chi connectivity index (χ0n) is 9.11. The number of aryl methyl sites for hydroxylation is 1. The quantitative estimate of drug-likeness (QED) is 0.502. The molecule has 3 heteroatoms. The molecule has 0 amide bonds. The highest BCUT2D eigenvalue weighted by molar-refractivity contribution is 5.66. The number of rotatable bonds is 6. The number of hydrogen-bond acceptors (Lipinski definition) is 2. The standard InChI is InChI=1S/C12H17NO2/c1-2-3-5-8-13-9-6-4-7-11(13)10-12(14)15/h4,6-7,9H,2-3,5,8,10H2,1H3. The van der Waals surface area contributed by atoms with Crippen molar-refractivity contribution >= 4 is 5.97 Å². The molecule has 0 aliphatic carbocycles. The Labute approximate surface area is 90.4 Å². The topological polar surface area (TPSA) is 44.0 Å². The molecule has 0 N–H and O–H groups in total. The number of pyridine rings is 1. The molecule has 1 rings (SSSR count). The third kappa shape index (κ3) is 4.11. The summed E-state index contributed by atoms with van der Waals surface area (Å²) in [5.41, 5.74) is 0.814. The van der Waals surface area contributed by atoms with Crippen LogP contribution < -0.4 is 9.67 Å². The fraction of sp³-hybridized carbons (Fsp3) is 0.500. The van der Waals surface area contributed by atoms with Gasteiger partial charge >= 0.3 is 0 Å². The number of unbranched alkanes of at least 4 members (excludes halogenated alkanes) is 2. The van der Waals surface area contributed by atoms with Crippen molar-refractivity contribution in [3.8, 4) is 0 Å². The second-order valence-electron chi connectivity index (χ2n) is 3.64. The SMILES string of the molecule is CCCCC[n+]1ccccc1CC(=O)[O-]. The van der Waals surface area contributed by atoms with Gasteiger partial charge in [0.25, 0.3) is 0 Å². The molecule has 0 saturated carbocycles. The number of hydrogen-bond donors (Lipinski definition) is 0. The van der Waals surface area contributed by atoms with Crippen LogP contribution in [0, 0.1) is 0 Å². The van der Waals surface area contributed by atoms with Crippen LogP contribution >= 0.6 is 0 Å². The van der Waals surface area contributed by atoms with Gasteiger partial charge in [-0.05, 0) is 6.42 Å². The van der Waals surface area contributed by atoms with Crippen LogP contribution in [0.4, 0.5) is 0 Å². The van der Waals surface area contributed by atoms with Crippen molar-refractivity contribution in [2.24, 2.45) is 0 Å². The molecule has 0 bridgehead atoms. The molecule has 0 unspecified atom stereocenters. The minimum Gasteiger partial charge on any atom is -0.550 e. The second-order valence-corrected chi connectivity index (χ2v) is 3.64. The summed E-state index contributed by atoms with van der Waals surface area (Å²) in [4.78, 5) is 10.5. The molecule has 0 saturated heterocycles. The molecule has 0 atom stereocenters. The highest BCUT2D eigenvalue weighted by Gasteiger charge is 2.08. The average Bonchev–Trinajstić information content (AvgIpc) is 2.20. The molecule has 0 aliphatic heterocycles. The van der Waals surface area contributed by atoms with Gasteiger partial charge < -0.3 is 9.90 Å². The summed E-state index contributed by atoms with van der Waals surface area (Å²) >= 11 is 0. The van der Waals surface area contributed by atoms with Crippen molar-refractivity contribution in [1.29, 1.82) is 0 Å². The summed E-state index contributed by atoms with van der Waals surface area (Å²) in [6, 6.07) is 5.61. The van der Waals surface area contributed by atoms with E-state index in [1.165, 1.54) is 12.8 Å². The van der Waals surface area contributed by atoms with E-state index in [4.69, 9.17) is 0 Å². The Balaban J connectivity index is 2.64. The van der Waals surface area contributed by atoms with Gasteiger partial charge in [-0.25, -0.2) is 4.57 Å². The van der Waals surface area contributed by atoms with Crippen LogP contribution in [0.1, 0.15) is 31.9 Å². The maximum atomic E-state index is 10.5. The van der Waals surface area contributed by atoms with Crippen LogP contribution in [-0.2, 0) is 17.8 Å². The number of carbonyl (C=O) groups excluding carboxylic acids is 1. The molecule has 1 aromatic heterocycles. The Morgan fingerprint density at radius 2 is 2.20 bits per heavy atom. The molecular weight excluding hydrogens is 190 g/mol. The summed E-state index contributed by atoms with van der Waals surface area (Å²) in [6.07, 6.45) is 5.35. The molecule has 0 aliphatic rings. The second kappa shape index (κ2) is 6.17. The van der Waals surface area contributed by atoms with Crippen molar-refractivity contribution < 1.29 is 14.5 Å². The van der Waals surface area contributed by atoms with Crippen molar-refractivity contribution in [3.63, 3.8) is 0 Å². The minimum atomic E-state index is -1.02. The lowest BCUT2D eigenvalue weighted by atomic mass is 10.2. The van der Waals surface area contributed by atoms with Crippen LogP contribution in [0.25, 0.3) is 0 Å². The van der Waals surface area contributed by atoms with Crippen LogP contribution in [-0.4, -0.2) is 5.97 Å². The van der Waals surface area contributed by atoms with Crippen LogP contribution in [0.3, 0.4) is 0 Å². The van der Waals surface area contributed by atoms with Gasteiger partial charge in [-0.1, -0.05) is 19.4 Å². The fourth-order valence-corrected chi connectivity index (χ4v) is 1.57. The van der Waals surface area contributed by atoms with Gasteiger partial charge in [0.1, 0.15) is 6.54 Å². The number of carbonyl (C=O) groups is 1. The van der Waals surface area contributed by atoms with Gasteiger partial charge in [-0.15, -0.1) is 0 Å². The predicted octanol–water partition coefficient (Wildman–Crippen LogP) is 0.457. The van der Waals surface area contributed by atoms with E-state index in [1.807, 2.05) is 29.0 Å². The molecule has 0 aromatic carbocycles. The molecule has 15 heavy (non-hydrogen) atoms. The predicted molar refractivity (Wildman–Crippen MR) is 54.9 cm³/mol. The summed E-state index contributed by atoms with van der Waals surface area (Å²) in [7, 11) is 0. The molecule has 0 spiro atoms. The Morgan fingerprint density at radius 1 is 1.40 bits per heavy atom. The Hall–Kier alpha value is -1.38. The van der Waals surface area contributed by atoms with E-state index < -0.39 is 5.97 Å². The van der Waals surface area contributed by atoms with Gasteiger partial charge in [0, 0.05) is 18.6 Å². The Morgan fingerprint density at radius 3 is 2.87 bits per heavy atom. The van der Waals surface area contributed by atoms with Crippen LogP contribution in [0.5, 0.6) is 0 Å². The molecule has 0 radical (unpaired) electrons. The Bertz CT molecular complexity index is 323. The average molecular weight is 207 g/mol. The van der Waals surface area contributed by atoms with Crippen molar-refractivity contribution in [2.45, 2.75) is 39.2 Å². The number of aromatic nitrogens is 1. The zero-order valence-corrected chi connectivity index (χ0v) is 9.11. The van der Waals surface area contributed by atoms with E-state index in [2.05, 4.69) is 6.92 Å². The maximum Gasteiger partial charge on any atom is 0.186 e. The lowest BCUT2D eigenvalue weighted by Crippen LogP contribution is -2.40. The fourth-order valence-electron chi connectivity index (χ4n) is 1.57. The van der Waals surface area contributed by atoms with Crippen molar-refractivity contribution in [2.75, 3.05) is 0 Å². The van der Waals surface area contributed by atoms with Crippen LogP contribution in [0.15, 0.2) is 24.4 Å². The van der Waals surface area contributed by atoms with Crippen molar-refractivity contribution in [1.82, 2.24) is 0 Å². The lowest BCUT2D eigenvalue weighted by molar-refractivity contribution is -0.704. The van der Waals surface area contributed by atoms with E-state index in [0.29, 0.717) is 0 Å². The number of carboxylic acids is 1. The number of nitrogens with zero attached hydrogens (tertiary/aromatic N) is 1. The molecule has 1 heterocycles. The first kappa shape index (κ1) is 11.7. The smallest absolute Gasteiger partial charge is 0.186 e. The van der Waals surface area contributed by atoms with Gasteiger partial charge in [0.05, 0.1) is 12.4 Å². The summed E-state index contributed by atoms with van der Waals surface area (Å²) in [5, 5.41) is 10.5. The third-order valence-corrected chi connectivity index (χ3v) is 2.36. The van der Waals surface area contributed by atoms with Gasteiger partial charge in [-0.2, -0.15) is 0 Å². The van der Waals surface area contributed by atoms with E-state index in [9.17, 15) is 9.90 Å². The van der Waals surface area contributed by atoms with Crippen molar-refractivity contribution in [3.05, 3.63) is 30.1 Å². The first-order chi connectivity index (χ1) is 7.24. The van der Waals surface area contributed by atoms with Gasteiger partial charge in [0.15, 0.2) is 11.9 Å². The van der Waals surface area contributed by atoms with E-state index >= 15 is 0 Å². The van der Waals surface area contributed by atoms with Gasteiger partial charge in [0.2, 0.25) is 0 Å². The van der Waals surface area contributed by atoms with Crippen LogP contribution in [0.2, 0.25) is 0 Å². The van der Waals surface area contributed by atoms with E-state index in [1.54, 1.807) is 0 Å². The summed E-state index contributed by atoms with van der Waals surface area (Å²) in [5.74, 6) is -1.02. The monoisotopic (exact) mass is 207 g/mol. The molecule has 82 valence electrons. The maximum absolute atomic E-state index is 10.5. The normalized spacial score (nSPS) is 10.2. The first-order valence-electron chi connectivity index (χ1n) is 5.41. The molecule has 0 fully saturated rings. The molecular formula is C12H17NO2. The third-order valence-electron chi connectivity index (χ3n) is 2.36. The summed E-state index contributed by atoms with van der Waals surface area (Å²) < 4.78 is 1.99. The highest BCUT2D eigenvalue weighted by atomic mass is 16.4. The molecule has 3 nitrogen and oxygen atoms in total. The first-order valence-corrected chi connectivity index (χ1v) is 5.41. The largest absolute Gasteiger partial charge is 0.550 e. The summed E-state index contributed by atoms with van der Waals surface area (Å²) in [6.45, 7) is 3.04.